The Morgan fingerprint density at radius 2 is 1.79 bits per heavy atom. The van der Waals surface area contributed by atoms with Gasteiger partial charge in [0.15, 0.2) is 11.6 Å². The molecule has 4 nitrogen and oxygen atoms in total. The maximum absolute atomic E-state index is 13.1. The van der Waals surface area contributed by atoms with Crippen LogP contribution >= 0.6 is 0 Å². The number of carbonyl (C=O) groups is 2. The van der Waals surface area contributed by atoms with Gasteiger partial charge in [0.25, 0.3) is 5.91 Å². The lowest BCUT2D eigenvalue weighted by molar-refractivity contribution is -0.139. The summed E-state index contributed by atoms with van der Waals surface area (Å²) in [6, 6.07) is 10.7. The van der Waals surface area contributed by atoms with E-state index < -0.39 is 29.6 Å². The maximum atomic E-state index is 13.1. The molecule has 2 aromatic rings. The van der Waals surface area contributed by atoms with E-state index in [-0.39, 0.29) is 12.0 Å². The van der Waals surface area contributed by atoms with Crippen molar-refractivity contribution in [2.24, 2.45) is 0 Å². The highest BCUT2D eigenvalue weighted by atomic mass is 19.2. The third-order valence-corrected chi connectivity index (χ3v) is 3.27. The molecule has 0 spiro atoms. The number of hydrogen-bond acceptors (Lipinski definition) is 2. The van der Waals surface area contributed by atoms with Crippen molar-refractivity contribution in [2.75, 3.05) is 0 Å². The molecular weight excluding hydrogens is 316 g/mol. The smallest absolute Gasteiger partial charge is 0.326 e. The fourth-order valence-corrected chi connectivity index (χ4v) is 2.00. The number of nitrogens with one attached hydrogen (secondary N) is 1. The highest BCUT2D eigenvalue weighted by Gasteiger charge is 2.20. The molecule has 0 aromatic heterocycles. The van der Waals surface area contributed by atoms with Crippen LogP contribution in [0.4, 0.5) is 8.78 Å². The van der Waals surface area contributed by atoms with Crippen molar-refractivity contribution in [3.05, 3.63) is 77.4 Å². The van der Waals surface area contributed by atoms with Gasteiger partial charge in [-0.15, -0.1) is 0 Å². The Bertz CT molecular complexity index is 760. The minimum absolute atomic E-state index is 0.0552. The SMILES string of the molecule is O=C(N[C@H](C/C=C/c1ccccc1)C(=O)O)c1ccc(F)c(F)c1. The Balaban J connectivity index is 2.02. The van der Waals surface area contributed by atoms with Crippen molar-refractivity contribution >= 4 is 18.0 Å². The van der Waals surface area contributed by atoms with Crippen molar-refractivity contribution in [2.45, 2.75) is 12.5 Å². The van der Waals surface area contributed by atoms with E-state index in [4.69, 9.17) is 0 Å². The molecule has 2 rings (SSSR count). The Morgan fingerprint density at radius 3 is 2.42 bits per heavy atom. The van der Waals surface area contributed by atoms with Crippen molar-refractivity contribution in [1.29, 1.82) is 0 Å². The van der Waals surface area contributed by atoms with Crippen molar-refractivity contribution < 1.29 is 23.5 Å². The predicted molar refractivity (Wildman–Crippen MR) is 85.3 cm³/mol. The summed E-state index contributed by atoms with van der Waals surface area (Å²) in [5.41, 5.74) is 0.751. The fourth-order valence-electron chi connectivity index (χ4n) is 2.00. The van der Waals surface area contributed by atoms with Crippen molar-refractivity contribution in [1.82, 2.24) is 5.32 Å². The van der Waals surface area contributed by atoms with Crippen LogP contribution in [0.25, 0.3) is 6.08 Å². The standard InChI is InChI=1S/C18H15F2NO3/c19-14-10-9-13(11-15(14)20)17(22)21-16(18(23)24)8-4-7-12-5-2-1-3-6-12/h1-7,9-11,16H,8H2,(H,21,22)(H,23,24)/b7-4+/t16-/m1/s1. The van der Waals surface area contributed by atoms with Crippen LogP contribution in [-0.2, 0) is 4.79 Å². The van der Waals surface area contributed by atoms with Crippen LogP contribution in [0.5, 0.6) is 0 Å². The molecule has 6 heteroatoms. The summed E-state index contributed by atoms with van der Waals surface area (Å²) in [5, 5.41) is 11.5. The zero-order valence-corrected chi connectivity index (χ0v) is 12.6. The third-order valence-electron chi connectivity index (χ3n) is 3.27. The first-order chi connectivity index (χ1) is 11.5. The number of benzene rings is 2. The van der Waals surface area contributed by atoms with Gasteiger partial charge >= 0.3 is 5.97 Å². The van der Waals surface area contributed by atoms with Gasteiger partial charge in [-0.3, -0.25) is 4.79 Å². The predicted octanol–water partition coefficient (Wildman–Crippen LogP) is 3.25. The zero-order chi connectivity index (χ0) is 17.5. The second kappa shape index (κ2) is 8.01. The van der Waals surface area contributed by atoms with Gasteiger partial charge in [-0.2, -0.15) is 0 Å². The Morgan fingerprint density at radius 1 is 1.08 bits per heavy atom. The number of hydrogen-bond donors (Lipinski definition) is 2. The highest BCUT2D eigenvalue weighted by Crippen LogP contribution is 2.10. The number of carboxylic acids is 1. The summed E-state index contributed by atoms with van der Waals surface area (Å²) in [7, 11) is 0. The average Bonchev–Trinajstić information content (AvgIpc) is 2.57. The van der Waals surface area contributed by atoms with Gasteiger partial charge in [-0.05, 0) is 30.2 Å². The number of carboxylic acid groups (broad SMARTS) is 1. The highest BCUT2D eigenvalue weighted by molar-refractivity contribution is 5.96. The maximum Gasteiger partial charge on any atom is 0.326 e. The van der Waals surface area contributed by atoms with Crippen LogP contribution in [0, 0.1) is 11.6 Å². The van der Waals surface area contributed by atoms with Gasteiger partial charge in [0, 0.05) is 5.56 Å². The number of rotatable bonds is 6. The van der Waals surface area contributed by atoms with E-state index in [1.54, 1.807) is 12.2 Å². The molecule has 0 saturated heterocycles. The monoisotopic (exact) mass is 331 g/mol. The Kier molecular flexibility index (Phi) is 5.78. The van der Waals surface area contributed by atoms with E-state index in [2.05, 4.69) is 5.32 Å². The van der Waals surface area contributed by atoms with Gasteiger partial charge < -0.3 is 10.4 Å². The van der Waals surface area contributed by atoms with Crippen LogP contribution in [0.2, 0.25) is 0 Å². The minimum Gasteiger partial charge on any atom is -0.480 e. The lowest BCUT2D eigenvalue weighted by atomic mass is 10.1. The molecular formula is C18H15F2NO3. The molecule has 0 bridgehead atoms. The molecule has 2 N–H and O–H groups in total. The topological polar surface area (TPSA) is 66.4 Å². The van der Waals surface area contributed by atoms with E-state index in [0.29, 0.717) is 0 Å². The van der Waals surface area contributed by atoms with Crippen LogP contribution in [0.3, 0.4) is 0 Å². The lowest BCUT2D eigenvalue weighted by Gasteiger charge is -2.12. The largest absolute Gasteiger partial charge is 0.480 e. The second-order valence-electron chi connectivity index (χ2n) is 5.04. The Hall–Kier alpha value is -3.02. The fraction of sp³-hybridized carbons (Fsp3) is 0.111. The average molecular weight is 331 g/mol. The van der Waals surface area contributed by atoms with Crippen molar-refractivity contribution in [3.8, 4) is 0 Å². The molecule has 124 valence electrons. The summed E-state index contributed by atoms with van der Waals surface area (Å²) in [4.78, 5) is 23.2. The minimum atomic E-state index is -1.22. The molecule has 1 atom stereocenters. The van der Waals surface area contributed by atoms with E-state index >= 15 is 0 Å². The van der Waals surface area contributed by atoms with E-state index in [1.165, 1.54) is 0 Å². The molecule has 0 aliphatic carbocycles. The van der Waals surface area contributed by atoms with Gasteiger partial charge in [0.05, 0.1) is 0 Å². The summed E-state index contributed by atoms with van der Waals surface area (Å²) in [6.07, 6.45) is 3.42. The van der Waals surface area contributed by atoms with Crippen LogP contribution in [0.15, 0.2) is 54.6 Å². The van der Waals surface area contributed by atoms with Crippen LogP contribution < -0.4 is 5.32 Å². The zero-order valence-electron chi connectivity index (χ0n) is 12.6. The van der Waals surface area contributed by atoms with Crippen molar-refractivity contribution in [3.63, 3.8) is 0 Å². The molecule has 0 heterocycles. The molecule has 0 saturated carbocycles. The third kappa shape index (κ3) is 4.74. The molecule has 1 amide bonds. The number of carbonyl (C=O) groups excluding carboxylic acids is 1. The van der Waals surface area contributed by atoms with Gasteiger partial charge in [-0.1, -0.05) is 42.5 Å². The molecule has 0 radical (unpaired) electrons. The molecule has 0 fully saturated rings. The van der Waals surface area contributed by atoms with Gasteiger partial charge in [0.1, 0.15) is 6.04 Å². The Labute approximate surface area is 137 Å². The molecule has 0 aliphatic rings. The number of amides is 1. The summed E-state index contributed by atoms with van der Waals surface area (Å²) in [5.74, 6) is -4.25. The number of aliphatic carboxylic acids is 1. The first-order valence-corrected chi connectivity index (χ1v) is 7.17. The van der Waals surface area contributed by atoms with E-state index in [1.807, 2.05) is 30.3 Å². The van der Waals surface area contributed by atoms with Crippen LogP contribution in [0.1, 0.15) is 22.3 Å². The quantitative estimate of drug-likeness (QED) is 0.854. The molecule has 0 aliphatic heterocycles. The second-order valence-corrected chi connectivity index (χ2v) is 5.04. The summed E-state index contributed by atoms with van der Waals surface area (Å²) >= 11 is 0. The normalized spacial score (nSPS) is 12.1. The van der Waals surface area contributed by atoms with Gasteiger partial charge in [0.2, 0.25) is 0 Å². The molecule has 0 unspecified atom stereocenters. The van der Waals surface area contributed by atoms with Gasteiger partial charge in [-0.25, -0.2) is 13.6 Å². The van der Waals surface area contributed by atoms with Crippen LogP contribution in [-0.4, -0.2) is 23.0 Å². The first kappa shape index (κ1) is 17.3. The first-order valence-electron chi connectivity index (χ1n) is 7.17. The van der Waals surface area contributed by atoms with E-state index in [0.717, 1.165) is 23.8 Å². The molecule has 24 heavy (non-hydrogen) atoms. The lowest BCUT2D eigenvalue weighted by Crippen LogP contribution is -2.40. The molecule has 2 aromatic carbocycles. The summed E-state index contributed by atoms with van der Waals surface area (Å²) in [6.45, 7) is 0. The van der Waals surface area contributed by atoms with E-state index in [9.17, 15) is 23.5 Å². The summed E-state index contributed by atoms with van der Waals surface area (Å²) < 4.78 is 26.0. The number of halogens is 2.